The Morgan fingerprint density at radius 3 is 2.52 bits per heavy atom. The molecule has 1 aromatic heterocycles. The smallest absolute Gasteiger partial charge is 0.322 e. The van der Waals surface area contributed by atoms with Crippen LogP contribution in [0.5, 0.6) is 0 Å². The van der Waals surface area contributed by atoms with E-state index < -0.39 is 10.8 Å². The molecule has 0 radical (unpaired) electrons. The van der Waals surface area contributed by atoms with Crippen LogP contribution in [0.1, 0.15) is 34.3 Å². The Morgan fingerprint density at radius 1 is 1.04 bits per heavy atom. The lowest BCUT2D eigenvalue weighted by Gasteiger charge is -2.15. The maximum Gasteiger partial charge on any atom is 0.322 e. The van der Waals surface area contributed by atoms with E-state index in [1.165, 1.54) is 48.2 Å². The molecule has 136 valence electrons. The van der Waals surface area contributed by atoms with Gasteiger partial charge in [-0.3, -0.25) is 20.2 Å². The second-order valence-corrected chi connectivity index (χ2v) is 6.36. The fourth-order valence-electron chi connectivity index (χ4n) is 3.16. The molecule has 3 aromatic rings. The number of nitro benzene ring substituents is 1. The zero-order valence-electron chi connectivity index (χ0n) is 14.3. The zero-order valence-corrected chi connectivity index (χ0v) is 14.3. The number of carbonyl (C=O) groups excluding carboxylic acids is 1. The normalized spacial score (nSPS) is 13.0. The number of rotatable bonds is 4. The third-order valence-corrected chi connectivity index (χ3v) is 4.58. The Hall–Kier alpha value is -3.55. The van der Waals surface area contributed by atoms with Crippen LogP contribution in [0.15, 0.2) is 46.9 Å². The van der Waals surface area contributed by atoms with Crippen molar-refractivity contribution in [3.05, 3.63) is 69.3 Å². The average molecular weight is 364 g/mol. The molecule has 1 heterocycles. The molecular weight excluding hydrogens is 348 g/mol. The molecule has 0 aliphatic heterocycles. The number of nitrogens with one attached hydrogen (secondary N) is 1. The Morgan fingerprint density at radius 2 is 1.78 bits per heavy atom. The van der Waals surface area contributed by atoms with Crippen LogP contribution >= 0.6 is 0 Å². The molecule has 8 nitrogen and oxygen atoms in total. The van der Waals surface area contributed by atoms with Crippen LogP contribution in [0, 0.1) is 10.1 Å². The van der Waals surface area contributed by atoms with Crippen molar-refractivity contribution in [2.24, 2.45) is 0 Å². The van der Waals surface area contributed by atoms with E-state index in [2.05, 4.69) is 27.6 Å². The monoisotopic (exact) mass is 364 g/mol. The topological polar surface area (TPSA) is 111 Å². The molecule has 0 unspecified atom stereocenters. The van der Waals surface area contributed by atoms with Crippen molar-refractivity contribution in [3.8, 4) is 11.5 Å². The first-order chi connectivity index (χ1) is 13.1. The van der Waals surface area contributed by atoms with Crippen LogP contribution in [0.3, 0.4) is 0 Å². The van der Waals surface area contributed by atoms with Gasteiger partial charge in [-0.25, -0.2) is 0 Å². The Bertz CT molecular complexity index is 1010. The average Bonchev–Trinajstić information content (AvgIpc) is 3.16. The number of aryl methyl sites for hydroxylation is 2. The van der Waals surface area contributed by atoms with Crippen molar-refractivity contribution in [2.45, 2.75) is 25.7 Å². The molecule has 8 heteroatoms. The number of carbonyl (C=O) groups is 1. The van der Waals surface area contributed by atoms with Crippen molar-refractivity contribution >= 4 is 17.6 Å². The maximum absolute atomic E-state index is 12.2. The molecule has 1 amide bonds. The Kier molecular flexibility index (Phi) is 4.37. The van der Waals surface area contributed by atoms with Crippen LogP contribution in [0.2, 0.25) is 0 Å². The fourth-order valence-corrected chi connectivity index (χ4v) is 3.16. The standard InChI is InChI=1S/C19H16N4O4/c24-17(13-7-9-16(10-8-13)23(25)26)20-19-22-21-18(27-19)15-6-5-12-3-1-2-4-14(12)11-15/h5-11H,1-4H2,(H,20,22,24). The van der Waals surface area contributed by atoms with Crippen molar-refractivity contribution < 1.29 is 14.1 Å². The van der Waals surface area contributed by atoms with Gasteiger partial charge in [0.05, 0.1) is 4.92 Å². The number of nitrogens with zero attached hydrogens (tertiary/aromatic N) is 3. The molecule has 1 aliphatic rings. The second kappa shape index (κ2) is 6.99. The summed E-state index contributed by atoms with van der Waals surface area (Å²) in [4.78, 5) is 22.4. The molecule has 0 fully saturated rings. The summed E-state index contributed by atoms with van der Waals surface area (Å²) in [5.74, 6) is -0.145. The molecule has 1 aliphatic carbocycles. The van der Waals surface area contributed by atoms with Crippen LogP contribution < -0.4 is 5.32 Å². The van der Waals surface area contributed by atoms with Gasteiger partial charge in [-0.2, -0.15) is 0 Å². The molecule has 27 heavy (non-hydrogen) atoms. The van der Waals surface area contributed by atoms with E-state index in [9.17, 15) is 14.9 Å². The fraction of sp³-hybridized carbons (Fsp3) is 0.211. The van der Waals surface area contributed by atoms with Gasteiger partial charge in [-0.1, -0.05) is 11.2 Å². The van der Waals surface area contributed by atoms with Crippen molar-refractivity contribution in [1.29, 1.82) is 0 Å². The van der Waals surface area contributed by atoms with E-state index in [1.54, 1.807) is 0 Å². The van der Waals surface area contributed by atoms with Gasteiger partial charge in [0.15, 0.2) is 0 Å². The quantitative estimate of drug-likeness (QED) is 0.557. The number of nitro groups is 1. The molecule has 0 saturated carbocycles. The predicted molar refractivity (Wildman–Crippen MR) is 97.4 cm³/mol. The Balaban J connectivity index is 1.49. The number of non-ortho nitro benzene ring substituents is 1. The van der Waals surface area contributed by atoms with E-state index in [0.717, 1.165) is 18.4 Å². The van der Waals surface area contributed by atoms with Gasteiger partial charge >= 0.3 is 6.01 Å². The molecule has 0 spiro atoms. The predicted octanol–water partition coefficient (Wildman–Crippen LogP) is 3.78. The summed E-state index contributed by atoms with van der Waals surface area (Å²) in [6.45, 7) is 0. The minimum absolute atomic E-state index is 0.0222. The highest BCUT2D eigenvalue weighted by molar-refractivity contribution is 6.03. The molecule has 2 aromatic carbocycles. The minimum atomic E-state index is -0.523. The van der Waals surface area contributed by atoms with Crippen LogP contribution in [-0.2, 0) is 12.8 Å². The first kappa shape index (κ1) is 16.9. The SMILES string of the molecule is O=C(Nc1nnc(-c2ccc3c(c2)CCCC3)o1)c1ccc([N+](=O)[O-])cc1. The zero-order chi connectivity index (χ0) is 18.8. The summed E-state index contributed by atoms with van der Waals surface area (Å²) in [7, 11) is 0. The number of hydrogen-bond acceptors (Lipinski definition) is 6. The van der Waals surface area contributed by atoms with Gasteiger partial charge in [0.1, 0.15) is 0 Å². The lowest BCUT2D eigenvalue weighted by Crippen LogP contribution is -2.12. The van der Waals surface area contributed by atoms with Gasteiger partial charge in [0, 0.05) is 23.3 Å². The van der Waals surface area contributed by atoms with Crippen LogP contribution in [0.4, 0.5) is 11.7 Å². The van der Waals surface area contributed by atoms with E-state index in [1.807, 2.05) is 6.07 Å². The summed E-state index contributed by atoms with van der Waals surface area (Å²) in [5, 5.41) is 21.0. The van der Waals surface area contributed by atoms with Crippen LogP contribution in [-0.4, -0.2) is 21.0 Å². The van der Waals surface area contributed by atoms with E-state index in [4.69, 9.17) is 4.42 Å². The third-order valence-electron chi connectivity index (χ3n) is 4.58. The van der Waals surface area contributed by atoms with Crippen molar-refractivity contribution in [1.82, 2.24) is 10.2 Å². The molecule has 0 bridgehead atoms. The van der Waals surface area contributed by atoms with Gasteiger partial charge in [-0.15, -0.1) is 5.10 Å². The van der Waals surface area contributed by atoms with Gasteiger partial charge in [0.2, 0.25) is 5.89 Å². The Labute approximate surface area is 154 Å². The maximum atomic E-state index is 12.2. The molecule has 1 N–H and O–H groups in total. The highest BCUT2D eigenvalue weighted by Crippen LogP contribution is 2.27. The summed E-state index contributed by atoms with van der Waals surface area (Å²) >= 11 is 0. The van der Waals surface area contributed by atoms with Crippen molar-refractivity contribution in [3.63, 3.8) is 0 Å². The minimum Gasteiger partial charge on any atom is -0.403 e. The van der Waals surface area contributed by atoms with E-state index >= 15 is 0 Å². The largest absolute Gasteiger partial charge is 0.403 e. The number of fused-ring (bicyclic) bond motifs is 1. The molecular formula is C19H16N4O4. The first-order valence-electron chi connectivity index (χ1n) is 8.61. The lowest BCUT2D eigenvalue weighted by molar-refractivity contribution is -0.384. The highest BCUT2D eigenvalue weighted by Gasteiger charge is 2.16. The van der Waals surface area contributed by atoms with Gasteiger partial charge < -0.3 is 4.42 Å². The molecule has 0 atom stereocenters. The lowest BCUT2D eigenvalue weighted by atomic mass is 9.90. The van der Waals surface area contributed by atoms with Gasteiger partial charge in [-0.05, 0) is 61.1 Å². The number of hydrogen-bond donors (Lipinski definition) is 1. The number of benzene rings is 2. The number of aromatic nitrogens is 2. The number of anilines is 1. The first-order valence-corrected chi connectivity index (χ1v) is 8.61. The third kappa shape index (κ3) is 3.55. The number of amides is 1. The van der Waals surface area contributed by atoms with Crippen molar-refractivity contribution in [2.75, 3.05) is 5.32 Å². The second-order valence-electron chi connectivity index (χ2n) is 6.36. The highest BCUT2D eigenvalue weighted by atomic mass is 16.6. The van der Waals surface area contributed by atoms with E-state index in [0.29, 0.717) is 5.89 Å². The molecule has 0 saturated heterocycles. The summed E-state index contributed by atoms with van der Waals surface area (Å²) in [6.07, 6.45) is 4.53. The summed E-state index contributed by atoms with van der Waals surface area (Å²) in [6, 6.07) is 11.3. The van der Waals surface area contributed by atoms with E-state index in [-0.39, 0.29) is 17.3 Å². The van der Waals surface area contributed by atoms with Crippen LogP contribution in [0.25, 0.3) is 11.5 Å². The summed E-state index contributed by atoms with van der Waals surface area (Å²) < 4.78 is 5.55. The van der Waals surface area contributed by atoms with Gasteiger partial charge in [0.25, 0.3) is 11.6 Å². The molecule has 4 rings (SSSR count). The summed E-state index contributed by atoms with van der Waals surface area (Å²) in [5.41, 5.74) is 3.65.